The first-order valence-corrected chi connectivity index (χ1v) is 9.31. The standard InChI is InChI=1S/C19H26F2N6O/c1-12-22-19(25-24-12)15-6-7-27(9-13-8-14(20)4-5-16(13)21)10-17(15)23-18(28)11-26(2)3/h4-5,8,15,17H,6-7,9-11H2,1-3H3,(H,23,28)(H,22,24,25)/t15-,17+/m0/s1. The minimum absolute atomic E-state index is 0.0373. The molecule has 1 fully saturated rings. The van der Waals surface area contributed by atoms with Gasteiger partial charge in [0.15, 0.2) is 5.82 Å². The van der Waals surface area contributed by atoms with Gasteiger partial charge in [0.05, 0.1) is 12.6 Å². The fraction of sp³-hybridized carbons (Fsp3) is 0.526. The van der Waals surface area contributed by atoms with Gasteiger partial charge in [-0.25, -0.2) is 13.8 Å². The number of likely N-dealkylation sites (tertiary alicyclic amines) is 1. The summed E-state index contributed by atoms with van der Waals surface area (Å²) in [6.45, 7) is 3.57. The van der Waals surface area contributed by atoms with Gasteiger partial charge in [0.2, 0.25) is 5.91 Å². The van der Waals surface area contributed by atoms with E-state index in [2.05, 4.69) is 20.5 Å². The minimum atomic E-state index is -0.460. The van der Waals surface area contributed by atoms with E-state index in [1.165, 1.54) is 6.07 Å². The molecule has 3 rings (SSSR count). The Labute approximate surface area is 163 Å². The average molecular weight is 392 g/mol. The van der Waals surface area contributed by atoms with Gasteiger partial charge in [-0.3, -0.25) is 14.8 Å². The zero-order chi connectivity index (χ0) is 20.3. The molecule has 2 heterocycles. The second-order valence-corrected chi connectivity index (χ2v) is 7.56. The number of carbonyl (C=O) groups is 1. The second kappa shape index (κ2) is 8.74. The van der Waals surface area contributed by atoms with Crippen molar-refractivity contribution in [2.45, 2.75) is 31.8 Å². The van der Waals surface area contributed by atoms with Crippen molar-refractivity contribution in [1.29, 1.82) is 0 Å². The summed E-state index contributed by atoms with van der Waals surface area (Å²) in [5, 5.41) is 10.2. The molecule has 1 amide bonds. The highest BCUT2D eigenvalue weighted by Gasteiger charge is 2.34. The maximum atomic E-state index is 14.0. The zero-order valence-electron chi connectivity index (χ0n) is 16.4. The molecule has 1 saturated heterocycles. The first kappa shape index (κ1) is 20.3. The van der Waals surface area contributed by atoms with E-state index in [-0.39, 0.29) is 31.0 Å². The number of likely N-dealkylation sites (N-methyl/N-ethyl adjacent to an activating group) is 1. The summed E-state index contributed by atoms with van der Waals surface area (Å²) in [4.78, 5) is 20.6. The largest absolute Gasteiger partial charge is 0.350 e. The lowest BCUT2D eigenvalue weighted by molar-refractivity contribution is -0.123. The van der Waals surface area contributed by atoms with E-state index >= 15 is 0 Å². The summed E-state index contributed by atoms with van der Waals surface area (Å²) < 4.78 is 27.5. The van der Waals surface area contributed by atoms with Gasteiger partial charge in [0.25, 0.3) is 0 Å². The molecule has 2 aromatic rings. The van der Waals surface area contributed by atoms with Gasteiger partial charge >= 0.3 is 0 Å². The summed E-state index contributed by atoms with van der Waals surface area (Å²) in [7, 11) is 3.66. The van der Waals surface area contributed by atoms with E-state index in [0.29, 0.717) is 30.9 Å². The Morgan fingerprint density at radius 2 is 2.18 bits per heavy atom. The smallest absolute Gasteiger partial charge is 0.234 e. The SMILES string of the molecule is Cc1nc([C@H]2CCN(Cc3cc(F)ccc3F)C[C@H]2NC(=O)CN(C)C)n[nH]1. The third kappa shape index (κ3) is 5.11. The Morgan fingerprint density at radius 1 is 1.39 bits per heavy atom. The summed E-state index contributed by atoms with van der Waals surface area (Å²) >= 11 is 0. The van der Waals surface area contributed by atoms with Crippen LogP contribution in [0.15, 0.2) is 18.2 Å². The molecule has 0 spiro atoms. The fourth-order valence-corrected chi connectivity index (χ4v) is 3.59. The van der Waals surface area contributed by atoms with Gasteiger partial charge < -0.3 is 10.2 Å². The topological polar surface area (TPSA) is 77.2 Å². The van der Waals surface area contributed by atoms with Crippen LogP contribution >= 0.6 is 0 Å². The fourth-order valence-electron chi connectivity index (χ4n) is 3.59. The lowest BCUT2D eigenvalue weighted by atomic mass is 9.90. The van der Waals surface area contributed by atoms with Gasteiger partial charge in [-0.05, 0) is 52.2 Å². The molecule has 9 heteroatoms. The summed E-state index contributed by atoms with van der Waals surface area (Å²) in [5.41, 5.74) is 0.311. The molecule has 0 aliphatic carbocycles. The molecule has 2 atom stereocenters. The number of carbonyl (C=O) groups excluding carboxylic acids is 1. The number of rotatable bonds is 6. The highest BCUT2D eigenvalue weighted by atomic mass is 19.1. The van der Waals surface area contributed by atoms with Crippen LogP contribution in [0.1, 0.15) is 29.6 Å². The average Bonchev–Trinajstić information content (AvgIpc) is 3.04. The van der Waals surface area contributed by atoms with Crippen molar-refractivity contribution in [2.24, 2.45) is 0 Å². The molecule has 1 aromatic heterocycles. The van der Waals surface area contributed by atoms with Crippen LogP contribution in [-0.2, 0) is 11.3 Å². The number of aromatic nitrogens is 3. The lowest BCUT2D eigenvalue weighted by Crippen LogP contribution is -2.53. The summed E-state index contributed by atoms with van der Waals surface area (Å²) in [6.07, 6.45) is 0.709. The van der Waals surface area contributed by atoms with Crippen molar-refractivity contribution < 1.29 is 13.6 Å². The van der Waals surface area contributed by atoms with E-state index in [4.69, 9.17) is 0 Å². The number of benzene rings is 1. The normalized spacial score (nSPS) is 20.5. The van der Waals surface area contributed by atoms with Crippen LogP contribution in [0.3, 0.4) is 0 Å². The van der Waals surface area contributed by atoms with Crippen molar-refractivity contribution in [3.8, 4) is 0 Å². The molecule has 1 aromatic carbocycles. The van der Waals surface area contributed by atoms with Crippen molar-refractivity contribution >= 4 is 5.91 Å². The van der Waals surface area contributed by atoms with Gasteiger partial charge in [-0.1, -0.05) is 0 Å². The maximum Gasteiger partial charge on any atom is 0.234 e. The Kier molecular flexibility index (Phi) is 6.35. The monoisotopic (exact) mass is 392 g/mol. The molecule has 2 N–H and O–H groups in total. The van der Waals surface area contributed by atoms with E-state index in [1.807, 2.05) is 25.9 Å². The van der Waals surface area contributed by atoms with Crippen LogP contribution in [0.5, 0.6) is 0 Å². The lowest BCUT2D eigenvalue weighted by Gasteiger charge is -2.38. The number of aryl methyl sites for hydroxylation is 1. The third-order valence-corrected chi connectivity index (χ3v) is 4.85. The maximum absolute atomic E-state index is 14.0. The molecule has 0 bridgehead atoms. The van der Waals surface area contributed by atoms with Gasteiger partial charge in [-0.2, -0.15) is 5.10 Å². The van der Waals surface area contributed by atoms with Crippen LogP contribution in [0, 0.1) is 18.6 Å². The molecular weight excluding hydrogens is 366 g/mol. The van der Waals surface area contributed by atoms with E-state index < -0.39 is 11.6 Å². The third-order valence-electron chi connectivity index (χ3n) is 4.85. The Balaban J connectivity index is 1.75. The number of amides is 1. The number of aromatic amines is 1. The van der Waals surface area contributed by atoms with Crippen LogP contribution in [0.4, 0.5) is 8.78 Å². The Bertz CT molecular complexity index is 825. The van der Waals surface area contributed by atoms with E-state index in [9.17, 15) is 13.6 Å². The van der Waals surface area contributed by atoms with Crippen LogP contribution in [-0.4, -0.2) is 70.7 Å². The molecule has 28 heavy (non-hydrogen) atoms. The van der Waals surface area contributed by atoms with E-state index in [1.54, 1.807) is 4.90 Å². The predicted molar refractivity (Wildman–Crippen MR) is 101 cm³/mol. The number of nitrogens with zero attached hydrogens (tertiary/aromatic N) is 4. The number of hydrogen-bond acceptors (Lipinski definition) is 5. The van der Waals surface area contributed by atoms with Gasteiger partial charge in [0.1, 0.15) is 17.5 Å². The molecule has 1 aliphatic heterocycles. The first-order valence-electron chi connectivity index (χ1n) is 9.31. The van der Waals surface area contributed by atoms with Crippen molar-refractivity contribution in [2.75, 3.05) is 33.7 Å². The zero-order valence-corrected chi connectivity index (χ0v) is 16.4. The van der Waals surface area contributed by atoms with Crippen LogP contribution in [0.2, 0.25) is 0 Å². The molecule has 0 radical (unpaired) electrons. The number of nitrogens with one attached hydrogen (secondary N) is 2. The van der Waals surface area contributed by atoms with Crippen molar-refractivity contribution in [1.82, 2.24) is 30.3 Å². The quantitative estimate of drug-likeness (QED) is 0.778. The molecule has 0 unspecified atom stereocenters. The molecular formula is C19H26F2N6O. The first-order chi connectivity index (χ1) is 13.3. The number of hydrogen-bond donors (Lipinski definition) is 2. The van der Waals surface area contributed by atoms with Gasteiger partial charge in [0, 0.05) is 24.6 Å². The molecule has 7 nitrogen and oxygen atoms in total. The predicted octanol–water partition coefficient (Wildman–Crippen LogP) is 1.43. The van der Waals surface area contributed by atoms with Crippen molar-refractivity contribution in [3.05, 3.63) is 47.0 Å². The van der Waals surface area contributed by atoms with Gasteiger partial charge in [-0.15, -0.1) is 0 Å². The van der Waals surface area contributed by atoms with Crippen LogP contribution < -0.4 is 5.32 Å². The number of H-pyrrole nitrogens is 1. The number of halogens is 2. The summed E-state index contributed by atoms with van der Waals surface area (Å²) in [5.74, 6) is 0.372. The molecule has 1 aliphatic rings. The van der Waals surface area contributed by atoms with Crippen molar-refractivity contribution in [3.63, 3.8) is 0 Å². The number of piperidine rings is 1. The Hall–Kier alpha value is -2.39. The second-order valence-electron chi connectivity index (χ2n) is 7.56. The highest BCUT2D eigenvalue weighted by Crippen LogP contribution is 2.27. The summed E-state index contributed by atoms with van der Waals surface area (Å²) in [6, 6.07) is 3.26. The molecule has 152 valence electrons. The minimum Gasteiger partial charge on any atom is -0.350 e. The van der Waals surface area contributed by atoms with Crippen LogP contribution in [0.25, 0.3) is 0 Å². The highest BCUT2D eigenvalue weighted by molar-refractivity contribution is 5.78. The van der Waals surface area contributed by atoms with E-state index in [0.717, 1.165) is 18.0 Å². The Morgan fingerprint density at radius 3 is 2.86 bits per heavy atom. The molecule has 0 saturated carbocycles.